The minimum absolute atomic E-state index is 0.0226. The molecule has 1 amide bonds. The summed E-state index contributed by atoms with van der Waals surface area (Å²) < 4.78 is 19.6. The Bertz CT molecular complexity index is 1610. The molecule has 0 aromatic heterocycles. The number of amides is 1. The molecule has 1 unspecified atom stereocenters. The maximum atomic E-state index is 14.1. The number of carbonyl (C=O) groups excluding carboxylic acids is 4. The number of benzene rings is 2. The van der Waals surface area contributed by atoms with Gasteiger partial charge in [-0.25, -0.2) is 4.39 Å². The zero-order valence-corrected chi connectivity index (χ0v) is 29.1. The zero-order valence-electron chi connectivity index (χ0n) is 27.6. The van der Waals surface area contributed by atoms with Crippen LogP contribution in [0.3, 0.4) is 0 Å². The van der Waals surface area contributed by atoms with E-state index in [4.69, 9.17) is 27.9 Å². The van der Waals surface area contributed by atoms with Crippen molar-refractivity contribution in [1.82, 2.24) is 4.90 Å². The van der Waals surface area contributed by atoms with Gasteiger partial charge in [-0.1, -0.05) is 50.0 Å². The maximum absolute atomic E-state index is 14.1. The summed E-state index contributed by atoms with van der Waals surface area (Å²) in [6.07, 6.45) is 5.40. The summed E-state index contributed by atoms with van der Waals surface area (Å²) in [6, 6.07) is 9.29. The second-order valence-corrected chi connectivity index (χ2v) is 16.0. The van der Waals surface area contributed by atoms with Crippen LogP contribution in [0.1, 0.15) is 84.1 Å². The predicted octanol–water partition coefficient (Wildman–Crippen LogP) is 8.89. The van der Waals surface area contributed by atoms with Gasteiger partial charge in [0, 0.05) is 73.7 Å². The van der Waals surface area contributed by atoms with E-state index in [-0.39, 0.29) is 75.7 Å². The third-order valence-corrected chi connectivity index (χ3v) is 13.2. The van der Waals surface area contributed by atoms with Crippen LogP contribution < -0.4 is 4.74 Å². The maximum Gasteiger partial charge on any atom is 0.222 e. The number of nitrogens with zero attached hydrogens (tertiary/aromatic N) is 1. The highest BCUT2D eigenvalue weighted by Crippen LogP contribution is 2.66. The first kappa shape index (κ1) is 34.1. The van der Waals surface area contributed by atoms with Gasteiger partial charge in [0.05, 0.1) is 5.02 Å². The fourth-order valence-corrected chi connectivity index (χ4v) is 10.2. The molecule has 4 aliphatic rings. The van der Waals surface area contributed by atoms with Crippen LogP contribution in [0, 0.1) is 52.2 Å². The Morgan fingerprint density at radius 1 is 1.04 bits per heavy atom. The SMILES string of the molecule is C[C@H](CCC(=O)N(C)Cc1ccc(Cl)cc1Oc1ccc(F)c(Cl)c1)C1CC[C@H]2[C@@H]3C(=O)C[C@@H]4CC(=O)CC[C@]4(C)[C@H]3CC(=O)[C@]12C. The molecule has 0 bridgehead atoms. The molecule has 6 nitrogen and oxygen atoms in total. The van der Waals surface area contributed by atoms with Crippen molar-refractivity contribution in [3.63, 3.8) is 0 Å². The topological polar surface area (TPSA) is 80.8 Å². The molecule has 4 fully saturated rings. The summed E-state index contributed by atoms with van der Waals surface area (Å²) >= 11 is 12.2. The Morgan fingerprint density at radius 2 is 1.81 bits per heavy atom. The van der Waals surface area contributed by atoms with Crippen LogP contribution in [0.4, 0.5) is 4.39 Å². The molecule has 0 radical (unpaired) electrons. The van der Waals surface area contributed by atoms with Crippen molar-refractivity contribution in [2.75, 3.05) is 7.05 Å². The second-order valence-electron chi connectivity index (χ2n) is 15.1. The monoisotopic (exact) mass is 683 g/mol. The van der Waals surface area contributed by atoms with Crippen LogP contribution in [0.25, 0.3) is 0 Å². The van der Waals surface area contributed by atoms with Crippen LogP contribution in [-0.4, -0.2) is 35.2 Å². The van der Waals surface area contributed by atoms with Gasteiger partial charge >= 0.3 is 0 Å². The highest BCUT2D eigenvalue weighted by molar-refractivity contribution is 6.31. The molecular formula is C38H44Cl2FNO5. The number of carbonyl (C=O) groups is 4. The van der Waals surface area contributed by atoms with Gasteiger partial charge < -0.3 is 9.64 Å². The van der Waals surface area contributed by atoms with E-state index in [1.54, 1.807) is 30.1 Å². The molecule has 0 aliphatic heterocycles. The molecule has 4 aliphatic carbocycles. The lowest BCUT2D eigenvalue weighted by atomic mass is 9.44. The van der Waals surface area contributed by atoms with E-state index in [0.29, 0.717) is 55.0 Å². The van der Waals surface area contributed by atoms with Crippen molar-refractivity contribution in [2.24, 2.45) is 46.3 Å². The normalized spacial score (nSPS) is 32.3. The van der Waals surface area contributed by atoms with E-state index in [0.717, 1.165) is 24.8 Å². The Kier molecular flexibility index (Phi) is 9.38. The van der Waals surface area contributed by atoms with Crippen molar-refractivity contribution in [3.8, 4) is 11.5 Å². The molecule has 6 rings (SSSR count). The Hall–Kier alpha value is -2.77. The summed E-state index contributed by atoms with van der Waals surface area (Å²) in [5.74, 6) is 1.27. The van der Waals surface area contributed by atoms with Crippen molar-refractivity contribution in [1.29, 1.82) is 0 Å². The molecule has 9 heteroatoms. The van der Waals surface area contributed by atoms with E-state index in [1.807, 2.05) is 0 Å². The van der Waals surface area contributed by atoms with Crippen molar-refractivity contribution in [3.05, 3.63) is 57.8 Å². The van der Waals surface area contributed by atoms with Crippen LogP contribution in [0.5, 0.6) is 11.5 Å². The first-order chi connectivity index (χ1) is 22.2. The number of rotatable bonds is 8. The fraction of sp³-hybridized carbons (Fsp3) is 0.579. The number of ether oxygens (including phenoxy) is 1. The standard InChI is InChI=1S/C38H44Cl2FNO5/c1-21(5-12-35(46)42(4)20-22-6-7-24(39)17-33(22)47-26-8-11-31(41)30(40)18-26)27-9-10-28-36-29(19-34(45)38(27,28)3)37(2)14-13-25(43)15-23(37)16-32(36)44/h6-8,11,17-18,21,23,27-29,36H,5,9-10,12-16,19-20H2,1-4H3/t21-,23+,27?,28+,29+,36+,37+,38-/m1/s1. The highest BCUT2D eigenvalue weighted by atomic mass is 35.5. The van der Waals surface area contributed by atoms with Gasteiger partial charge in [0.2, 0.25) is 5.91 Å². The van der Waals surface area contributed by atoms with E-state index >= 15 is 0 Å². The summed E-state index contributed by atoms with van der Waals surface area (Å²) in [4.78, 5) is 55.2. The number of ketones is 3. The van der Waals surface area contributed by atoms with Gasteiger partial charge in [0.15, 0.2) is 0 Å². The van der Waals surface area contributed by atoms with Gasteiger partial charge in [-0.3, -0.25) is 19.2 Å². The lowest BCUT2D eigenvalue weighted by Gasteiger charge is -2.58. The second kappa shape index (κ2) is 12.9. The lowest BCUT2D eigenvalue weighted by Crippen LogP contribution is -2.60. The van der Waals surface area contributed by atoms with Crippen LogP contribution in [0.15, 0.2) is 36.4 Å². The molecule has 0 N–H and O–H groups in total. The van der Waals surface area contributed by atoms with Gasteiger partial charge in [0.25, 0.3) is 0 Å². The molecule has 4 saturated carbocycles. The third kappa shape index (κ3) is 6.16. The number of Topliss-reactive ketones (excluding diaryl/α,β-unsaturated/α-hetero) is 3. The number of hydrogen-bond acceptors (Lipinski definition) is 5. The van der Waals surface area contributed by atoms with Crippen molar-refractivity contribution >= 4 is 46.5 Å². The van der Waals surface area contributed by atoms with E-state index in [1.165, 1.54) is 18.2 Å². The van der Waals surface area contributed by atoms with Gasteiger partial charge in [0.1, 0.15) is 34.7 Å². The first-order valence-electron chi connectivity index (χ1n) is 16.9. The first-order valence-corrected chi connectivity index (χ1v) is 17.7. The Balaban J connectivity index is 1.10. The summed E-state index contributed by atoms with van der Waals surface area (Å²) in [5.41, 5.74) is 0.0331. The molecule has 0 heterocycles. The molecule has 47 heavy (non-hydrogen) atoms. The Morgan fingerprint density at radius 3 is 2.55 bits per heavy atom. The van der Waals surface area contributed by atoms with Crippen molar-refractivity contribution in [2.45, 2.75) is 85.1 Å². The van der Waals surface area contributed by atoms with E-state index in [2.05, 4.69) is 20.8 Å². The largest absolute Gasteiger partial charge is 0.457 e. The fourth-order valence-electron chi connectivity index (χ4n) is 9.90. The average molecular weight is 685 g/mol. The molecule has 252 valence electrons. The van der Waals surface area contributed by atoms with Gasteiger partial charge in [-0.15, -0.1) is 0 Å². The summed E-state index contributed by atoms with van der Waals surface area (Å²) in [6.45, 7) is 6.77. The van der Waals surface area contributed by atoms with Crippen LogP contribution in [-0.2, 0) is 25.7 Å². The smallest absolute Gasteiger partial charge is 0.222 e. The molecule has 0 saturated heterocycles. The molecule has 2 aromatic carbocycles. The van der Waals surface area contributed by atoms with Crippen LogP contribution in [0.2, 0.25) is 10.0 Å². The molecule has 0 spiro atoms. The zero-order chi connectivity index (χ0) is 33.8. The van der Waals surface area contributed by atoms with Crippen molar-refractivity contribution < 1.29 is 28.3 Å². The van der Waals surface area contributed by atoms with Crippen LogP contribution >= 0.6 is 23.2 Å². The summed E-state index contributed by atoms with van der Waals surface area (Å²) in [5, 5.41) is 0.407. The minimum Gasteiger partial charge on any atom is -0.457 e. The quantitative estimate of drug-likeness (QED) is 0.278. The molecule has 2 aromatic rings. The van der Waals surface area contributed by atoms with E-state index in [9.17, 15) is 23.6 Å². The summed E-state index contributed by atoms with van der Waals surface area (Å²) in [7, 11) is 1.75. The third-order valence-electron chi connectivity index (χ3n) is 12.7. The minimum atomic E-state index is -0.572. The predicted molar refractivity (Wildman–Crippen MR) is 179 cm³/mol. The number of fused-ring (bicyclic) bond motifs is 5. The van der Waals surface area contributed by atoms with Gasteiger partial charge in [-0.2, -0.15) is 0 Å². The highest BCUT2D eigenvalue weighted by Gasteiger charge is 2.66. The van der Waals surface area contributed by atoms with E-state index < -0.39 is 11.2 Å². The molecule has 8 atom stereocenters. The molecular weight excluding hydrogens is 640 g/mol. The Labute approximate surface area is 286 Å². The lowest BCUT2D eigenvalue weighted by molar-refractivity contribution is -0.166. The number of halogens is 3. The number of hydrogen-bond donors (Lipinski definition) is 0. The average Bonchev–Trinajstić information content (AvgIpc) is 3.38. The van der Waals surface area contributed by atoms with Gasteiger partial charge in [-0.05, 0) is 85.0 Å².